The van der Waals surface area contributed by atoms with E-state index in [1.807, 2.05) is 12.3 Å². The number of benzene rings is 1. The van der Waals surface area contributed by atoms with Crippen LogP contribution in [0.25, 0.3) is 10.9 Å². The number of aromatic amines is 1. The van der Waals surface area contributed by atoms with E-state index >= 15 is 0 Å². The molecule has 0 amide bonds. The average molecular weight is 243 g/mol. The van der Waals surface area contributed by atoms with Crippen molar-refractivity contribution in [1.82, 2.24) is 4.98 Å². The van der Waals surface area contributed by atoms with Gasteiger partial charge in [-0.15, -0.1) is 0 Å². The van der Waals surface area contributed by atoms with Gasteiger partial charge in [0.2, 0.25) is 0 Å². The molecule has 0 spiro atoms. The van der Waals surface area contributed by atoms with Gasteiger partial charge >= 0.3 is 0 Å². The van der Waals surface area contributed by atoms with Crippen LogP contribution in [0.2, 0.25) is 0 Å². The zero-order valence-electron chi connectivity index (χ0n) is 10.9. The van der Waals surface area contributed by atoms with Gasteiger partial charge < -0.3 is 10.1 Å². The second-order valence-corrected chi connectivity index (χ2v) is 5.81. The first-order chi connectivity index (χ1) is 8.69. The van der Waals surface area contributed by atoms with Crippen LogP contribution in [0.4, 0.5) is 0 Å². The molecule has 18 heavy (non-hydrogen) atoms. The molecule has 96 valence electrons. The molecule has 0 radical (unpaired) electrons. The monoisotopic (exact) mass is 243 g/mol. The molecule has 1 aromatic heterocycles. The molecule has 2 heteroatoms. The fourth-order valence-electron chi connectivity index (χ4n) is 3.26. The van der Waals surface area contributed by atoms with Crippen LogP contribution in [0.5, 0.6) is 0 Å². The second kappa shape index (κ2) is 4.43. The van der Waals surface area contributed by atoms with Gasteiger partial charge in [-0.3, -0.25) is 0 Å². The SMILES string of the molecule is CC1CCCC(O)(c2cccc3[nH]ccc23)CC1. The van der Waals surface area contributed by atoms with E-state index in [4.69, 9.17) is 0 Å². The van der Waals surface area contributed by atoms with Crippen molar-refractivity contribution in [3.8, 4) is 0 Å². The van der Waals surface area contributed by atoms with Gasteiger partial charge in [0.15, 0.2) is 0 Å². The predicted molar refractivity (Wildman–Crippen MR) is 74.4 cm³/mol. The van der Waals surface area contributed by atoms with Crippen LogP contribution in [0.15, 0.2) is 30.5 Å². The number of aromatic nitrogens is 1. The van der Waals surface area contributed by atoms with E-state index in [9.17, 15) is 5.11 Å². The van der Waals surface area contributed by atoms with E-state index in [0.717, 1.165) is 42.7 Å². The fraction of sp³-hybridized carbons (Fsp3) is 0.500. The number of rotatable bonds is 1. The van der Waals surface area contributed by atoms with Crippen molar-refractivity contribution in [1.29, 1.82) is 0 Å². The Morgan fingerprint density at radius 1 is 1.22 bits per heavy atom. The van der Waals surface area contributed by atoms with Gasteiger partial charge in [-0.05, 0) is 49.3 Å². The van der Waals surface area contributed by atoms with E-state index in [1.165, 1.54) is 11.8 Å². The van der Waals surface area contributed by atoms with Gasteiger partial charge in [0.25, 0.3) is 0 Å². The minimum absolute atomic E-state index is 0.632. The van der Waals surface area contributed by atoms with Gasteiger partial charge in [0.1, 0.15) is 0 Å². The molecular formula is C16H21NO. The molecule has 3 rings (SSSR count). The lowest BCUT2D eigenvalue weighted by Gasteiger charge is -2.28. The van der Waals surface area contributed by atoms with Gasteiger partial charge in [-0.25, -0.2) is 0 Å². The molecule has 2 nitrogen and oxygen atoms in total. The minimum atomic E-state index is -0.632. The van der Waals surface area contributed by atoms with Crippen molar-refractivity contribution < 1.29 is 5.11 Å². The van der Waals surface area contributed by atoms with Crippen LogP contribution < -0.4 is 0 Å². The maximum absolute atomic E-state index is 11.0. The average Bonchev–Trinajstić information content (AvgIpc) is 2.77. The summed E-state index contributed by atoms with van der Waals surface area (Å²) in [5.41, 5.74) is 1.60. The first-order valence-corrected chi connectivity index (χ1v) is 6.98. The van der Waals surface area contributed by atoms with Gasteiger partial charge in [0, 0.05) is 17.1 Å². The number of hydrogen-bond acceptors (Lipinski definition) is 1. The number of fused-ring (bicyclic) bond motifs is 1. The number of hydrogen-bond donors (Lipinski definition) is 2. The van der Waals surface area contributed by atoms with Crippen LogP contribution in [0, 0.1) is 5.92 Å². The van der Waals surface area contributed by atoms with Gasteiger partial charge in [-0.2, -0.15) is 0 Å². The van der Waals surface area contributed by atoms with Crippen LogP contribution >= 0.6 is 0 Å². The Labute approximate surface area is 108 Å². The maximum atomic E-state index is 11.0. The molecule has 1 aromatic carbocycles. The Bertz CT molecular complexity index is 545. The molecule has 1 fully saturated rings. The third-order valence-electron chi connectivity index (χ3n) is 4.43. The van der Waals surface area contributed by atoms with Crippen LogP contribution in [0.3, 0.4) is 0 Å². The molecule has 0 aliphatic heterocycles. The molecule has 1 aliphatic rings. The first kappa shape index (κ1) is 11.8. The zero-order valence-corrected chi connectivity index (χ0v) is 10.9. The molecule has 0 saturated heterocycles. The Kier molecular flexibility index (Phi) is 2.90. The summed E-state index contributed by atoms with van der Waals surface area (Å²) in [4.78, 5) is 3.23. The van der Waals surface area contributed by atoms with Crippen molar-refractivity contribution in [3.05, 3.63) is 36.0 Å². The van der Waals surface area contributed by atoms with Crippen molar-refractivity contribution >= 4 is 10.9 Å². The molecule has 1 heterocycles. The molecule has 1 saturated carbocycles. The van der Waals surface area contributed by atoms with Crippen molar-refractivity contribution in [3.63, 3.8) is 0 Å². The highest BCUT2D eigenvalue weighted by molar-refractivity contribution is 5.83. The summed E-state index contributed by atoms with van der Waals surface area (Å²) in [5.74, 6) is 0.740. The van der Waals surface area contributed by atoms with Crippen LogP contribution in [-0.2, 0) is 5.60 Å². The van der Waals surface area contributed by atoms with E-state index in [-0.39, 0.29) is 0 Å². The Balaban J connectivity index is 2.04. The predicted octanol–water partition coefficient (Wildman–Crippen LogP) is 3.96. The Hall–Kier alpha value is -1.28. The Morgan fingerprint density at radius 3 is 3.00 bits per heavy atom. The summed E-state index contributed by atoms with van der Waals surface area (Å²) < 4.78 is 0. The molecule has 1 aliphatic carbocycles. The molecule has 2 N–H and O–H groups in total. The lowest BCUT2D eigenvalue weighted by Crippen LogP contribution is -2.25. The van der Waals surface area contributed by atoms with E-state index in [0.29, 0.717) is 0 Å². The van der Waals surface area contributed by atoms with Crippen molar-refractivity contribution in [2.45, 2.75) is 44.6 Å². The molecule has 2 atom stereocenters. The van der Waals surface area contributed by atoms with E-state index in [2.05, 4.69) is 30.1 Å². The highest BCUT2D eigenvalue weighted by Crippen LogP contribution is 2.40. The van der Waals surface area contributed by atoms with Gasteiger partial charge in [-0.1, -0.05) is 25.5 Å². The topological polar surface area (TPSA) is 36.0 Å². The van der Waals surface area contributed by atoms with Gasteiger partial charge in [0.05, 0.1) is 5.60 Å². The molecular weight excluding hydrogens is 222 g/mol. The summed E-state index contributed by atoms with van der Waals surface area (Å²) >= 11 is 0. The summed E-state index contributed by atoms with van der Waals surface area (Å²) in [5, 5.41) is 12.2. The summed E-state index contributed by atoms with van der Waals surface area (Å²) in [6, 6.07) is 8.28. The summed E-state index contributed by atoms with van der Waals surface area (Å²) in [7, 11) is 0. The van der Waals surface area contributed by atoms with Crippen LogP contribution in [0.1, 0.15) is 44.6 Å². The maximum Gasteiger partial charge on any atom is 0.0903 e. The summed E-state index contributed by atoms with van der Waals surface area (Å²) in [6.45, 7) is 2.29. The van der Waals surface area contributed by atoms with Crippen molar-refractivity contribution in [2.75, 3.05) is 0 Å². The highest BCUT2D eigenvalue weighted by Gasteiger charge is 2.32. The summed E-state index contributed by atoms with van der Waals surface area (Å²) in [6.07, 6.45) is 7.22. The molecule has 2 unspecified atom stereocenters. The molecule has 2 aromatic rings. The number of aliphatic hydroxyl groups is 1. The van der Waals surface area contributed by atoms with Crippen molar-refractivity contribution in [2.24, 2.45) is 5.92 Å². The molecule has 0 bridgehead atoms. The second-order valence-electron chi connectivity index (χ2n) is 5.81. The normalized spacial score (nSPS) is 29.3. The smallest absolute Gasteiger partial charge is 0.0903 e. The Morgan fingerprint density at radius 2 is 2.11 bits per heavy atom. The first-order valence-electron chi connectivity index (χ1n) is 6.98. The highest BCUT2D eigenvalue weighted by atomic mass is 16.3. The zero-order chi connectivity index (χ0) is 12.6. The quantitative estimate of drug-likeness (QED) is 0.731. The standard InChI is InChI=1S/C16H21NO/c1-12-4-3-9-16(18,10-7-12)14-5-2-6-15-13(14)8-11-17-15/h2,5-6,8,11-12,17-18H,3-4,7,9-10H2,1H3. The lowest BCUT2D eigenvalue weighted by atomic mass is 9.84. The van der Waals surface area contributed by atoms with E-state index in [1.54, 1.807) is 0 Å². The van der Waals surface area contributed by atoms with E-state index < -0.39 is 5.60 Å². The number of H-pyrrole nitrogens is 1. The third kappa shape index (κ3) is 1.95. The lowest BCUT2D eigenvalue weighted by molar-refractivity contribution is 0.0213. The number of nitrogens with one attached hydrogen (secondary N) is 1. The van der Waals surface area contributed by atoms with Crippen LogP contribution in [-0.4, -0.2) is 10.1 Å². The third-order valence-corrected chi connectivity index (χ3v) is 4.43. The minimum Gasteiger partial charge on any atom is -0.385 e. The largest absolute Gasteiger partial charge is 0.385 e. The fourth-order valence-corrected chi connectivity index (χ4v) is 3.26.